The first-order valence-corrected chi connectivity index (χ1v) is 11.7. The number of aromatic nitrogens is 1. The molecule has 0 saturated carbocycles. The van der Waals surface area contributed by atoms with E-state index in [2.05, 4.69) is 70.8 Å². The van der Waals surface area contributed by atoms with Gasteiger partial charge in [0.15, 0.2) is 0 Å². The van der Waals surface area contributed by atoms with Crippen molar-refractivity contribution in [3.63, 3.8) is 0 Å². The van der Waals surface area contributed by atoms with E-state index in [4.69, 9.17) is 5.41 Å². The van der Waals surface area contributed by atoms with E-state index < -0.39 is 0 Å². The summed E-state index contributed by atoms with van der Waals surface area (Å²) in [7, 11) is 0. The van der Waals surface area contributed by atoms with E-state index in [1.165, 1.54) is 27.8 Å². The topological polar surface area (TPSA) is 75.1 Å². The molecule has 1 aliphatic carbocycles. The molecule has 1 aromatic carbocycles. The molecule has 166 valence electrons. The van der Waals surface area contributed by atoms with Gasteiger partial charge in [-0.2, -0.15) is 0 Å². The first-order chi connectivity index (χ1) is 15.6. The maximum absolute atomic E-state index is 9.39. The number of nitrogens with one attached hydrogen (secondary N) is 3. The van der Waals surface area contributed by atoms with Crippen LogP contribution in [0.3, 0.4) is 0 Å². The molecule has 2 aliphatic heterocycles. The van der Waals surface area contributed by atoms with Crippen molar-refractivity contribution in [2.75, 3.05) is 31.6 Å². The van der Waals surface area contributed by atoms with Crippen molar-refractivity contribution in [2.24, 2.45) is 5.92 Å². The molecule has 5 heteroatoms. The van der Waals surface area contributed by atoms with E-state index in [0.717, 1.165) is 50.3 Å². The van der Waals surface area contributed by atoms with Gasteiger partial charge in [0.2, 0.25) is 0 Å². The second-order valence-electron chi connectivity index (χ2n) is 9.23. The summed E-state index contributed by atoms with van der Waals surface area (Å²) in [5.41, 5.74) is 7.38. The van der Waals surface area contributed by atoms with E-state index in [9.17, 15) is 5.11 Å². The zero-order valence-corrected chi connectivity index (χ0v) is 18.7. The predicted molar refractivity (Wildman–Crippen MR) is 132 cm³/mol. The molecule has 0 spiro atoms. The summed E-state index contributed by atoms with van der Waals surface area (Å²) in [5.74, 6) is 2.48. The smallest absolute Gasteiger partial charge is 0.128 e. The molecule has 1 saturated heterocycles. The highest BCUT2D eigenvalue weighted by molar-refractivity contribution is 5.98. The summed E-state index contributed by atoms with van der Waals surface area (Å²) < 4.78 is 0. The first-order valence-electron chi connectivity index (χ1n) is 11.7. The summed E-state index contributed by atoms with van der Waals surface area (Å²) in [6, 6.07) is 8.40. The number of aliphatic hydroxyl groups is 1. The third-order valence-corrected chi connectivity index (χ3v) is 7.21. The molecular formula is C27H32N4O. The molecule has 32 heavy (non-hydrogen) atoms. The normalized spacial score (nSPS) is 20.9. The van der Waals surface area contributed by atoms with Gasteiger partial charge in [0.05, 0.1) is 0 Å². The molecule has 5 rings (SSSR count). The number of anilines is 1. The zero-order chi connectivity index (χ0) is 22.1. The van der Waals surface area contributed by atoms with Crippen molar-refractivity contribution >= 4 is 23.3 Å². The van der Waals surface area contributed by atoms with Crippen LogP contribution in [0.25, 0.3) is 11.6 Å². The highest BCUT2D eigenvalue weighted by Gasteiger charge is 2.24. The van der Waals surface area contributed by atoms with Crippen LogP contribution in [0.1, 0.15) is 54.4 Å². The Morgan fingerprint density at radius 3 is 2.88 bits per heavy atom. The van der Waals surface area contributed by atoms with Crippen LogP contribution in [0.5, 0.6) is 0 Å². The number of piperidine rings is 1. The van der Waals surface area contributed by atoms with E-state index >= 15 is 0 Å². The minimum atomic E-state index is 0.257. The molecule has 1 atom stereocenters. The number of H-pyrrole nitrogens is 1. The lowest BCUT2D eigenvalue weighted by Gasteiger charge is -2.33. The second kappa shape index (κ2) is 8.83. The average molecular weight is 429 g/mol. The molecule has 1 fully saturated rings. The molecule has 1 unspecified atom stereocenters. The molecule has 2 aromatic rings. The van der Waals surface area contributed by atoms with Gasteiger partial charge in [0.25, 0.3) is 0 Å². The summed E-state index contributed by atoms with van der Waals surface area (Å²) in [5, 5.41) is 21.7. The quantitative estimate of drug-likeness (QED) is 0.409. The molecule has 3 aliphatic rings. The molecule has 0 radical (unpaired) electrons. The number of fused-ring (bicyclic) bond motifs is 1. The van der Waals surface area contributed by atoms with Crippen molar-refractivity contribution in [3.8, 4) is 0 Å². The van der Waals surface area contributed by atoms with Crippen molar-refractivity contribution < 1.29 is 5.11 Å². The number of rotatable bonds is 4. The van der Waals surface area contributed by atoms with Gasteiger partial charge in [-0.3, -0.25) is 5.41 Å². The van der Waals surface area contributed by atoms with Gasteiger partial charge in [-0.05, 0) is 60.9 Å². The van der Waals surface area contributed by atoms with Crippen molar-refractivity contribution in [1.29, 1.82) is 5.41 Å². The number of hydrogen-bond donors (Lipinski definition) is 4. The molecular weight excluding hydrogens is 396 g/mol. The minimum absolute atomic E-state index is 0.257. The number of allylic oxidation sites excluding steroid dienone is 4. The standard InChI is InChI=1S/C27H32N4O/c1-18-5-2-3-8-23(18)25-16-30-27-24(25)14-22(15-29-27)20-6-4-7-21(13-20)26(28)31-11-9-19(17-32)10-12-31/h2-7,13-14,16,19,23,28-30,32H,8-12,15,17H2,1H3. The average Bonchev–Trinajstić information content (AvgIpc) is 3.27. The Kier molecular flexibility index (Phi) is 5.75. The van der Waals surface area contributed by atoms with E-state index in [1.807, 2.05) is 6.07 Å². The highest BCUT2D eigenvalue weighted by atomic mass is 16.3. The predicted octanol–water partition coefficient (Wildman–Crippen LogP) is 5.00. The zero-order valence-electron chi connectivity index (χ0n) is 18.7. The van der Waals surface area contributed by atoms with Crippen LogP contribution in [0.15, 0.2) is 54.3 Å². The fraction of sp³-hybridized carbons (Fsp3) is 0.370. The Balaban J connectivity index is 1.39. The lowest BCUT2D eigenvalue weighted by atomic mass is 9.84. The van der Waals surface area contributed by atoms with Crippen LogP contribution in [-0.2, 0) is 0 Å². The summed E-state index contributed by atoms with van der Waals surface area (Å²) in [4.78, 5) is 5.58. The maximum atomic E-state index is 9.39. The molecule has 4 N–H and O–H groups in total. The largest absolute Gasteiger partial charge is 0.396 e. The van der Waals surface area contributed by atoms with E-state index in [-0.39, 0.29) is 6.61 Å². The molecule has 5 nitrogen and oxygen atoms in total. The van der Waals surface area contributed by atoms with Gasteiger partial charge in [-0.15, -0.1) is 0 Å². The molecule has 1 aromatic heterocycles. The molecule has 0 amide bonds. The van der Waals surface area contributed by atoms with Crippen molar-refractivity contribution in [3.05, 3.63) is 76.5 Å². The fourth-order valence-electron chi connectivity index (χ4n) is 5.13. The number of hydrogen-bond acceptors (Lipinski definition) is 3. The SMILES string of the molecule is CC1=CC=CCC1c1c[nH]c2c1C=C(c1cccc(C(=N)N3CCC(CO)CC3)c1)CN2. The Morgan fingerprint density at radius 1 is 1.25 bits per heavy atom. The van der Waals surface area contributed by atoms with Gasteiger partial charge in [0.1, 0.15) is 11.7 Å². The number of benzene rings is 1. The van der Waals surface area contributed by atoms with Gasteiger partial charge < -0.3 is 20.3 Å². The first kappa shape index (κ1) is 20.8. The lowest BCUT2D eigenvalue weighted by molar-refractivity contribution is 0.166. The Labute approximate surface area is 190 Å². The van der Waals surface area contributed by atoms with Crippen LogP contribution in [0, 0.1) is 11.3 Å². The summed E-state index contributed by atoms with van der Waals surface area (Å²) in [6.45, 7) is 4.93. The molecule has 0 bridgehead atoms. The fourth-order valence-corrected chi connectivity index (χ4v) is 5.13. The third kappa shape index (κ3) is 3.93. The number of nitrogens with zero attached hydrogens (tertiary/aromatic N) is 1. The lowest BCUT2D eigenvalue weighted by Crippen LogP contribution is -2.39. The van der Waals surface area contributed by atoms with E-state index in [0.29, 0.717) is 17.7 Å². The highest BCUT2D eigenvalue weighted by Crippen LogP contribution is 2.39. The maximum Gasteiger partial charge on any atom is 0.128 e. The Morgan fingerprint density at radius 2 is 2.09 bits per heavy atom. The van der Waals surface area contributed by atoms with Crippen LogP contribution in [0.2, 0.25) is 0 Å². The monoisotopic (exact) mass is 428 g/mol. The number of aliphatic hydroxyl groups excluding tert-OH is 1. The van der Waals surface area contributed by atoms with Gasteiger partial charge in [0, 0.05) is 49.5 Å². The van der Waals surface area contributed by atoms with Crippen molar-refractivity contribution in [2.45, 2.75) is 32.1 Å². The van der Waals surface area contributed by atoms with Gasteiger partial charge in [-0.1, -0.05) is 42.0 Å². The third-order valence-electron chi connectivity index (χ3n) is 7.21. The van der Waals surface area contributed by atoms with Crippen LogP contribution in [0.4, 0.5) is 5.82 Å². The minimum Gasteiger partial charge on any atom is -0.396 e. The van der Waals surface area contributed by atoms with Crippen LogP contribution < -0.4 is 5.32 Å². The number of aromatic amines is 1. The second-order valence-corrected chi connectivity index (χ2v) is 9.23. The Hall–Kier alpha value is -3.05. The summed E-state index contributed by atoms with van der Waals surface area (Å²) >= 11 is 0. The van der Waals surface area contributed by atoms with Crippen molar-refractivity contribution in [1.82, 2.24) is 9.88 Å². The number of amidine groups is 1. The van der Waals surface area contributed by atoms with Crippen LogP contribution in [-0.4, -0.2) is 47.1 Å². The van der Waals surface area contributed by atoms with E-state index in [1.54, 1.807) is 0 Å². The summed E-state index contributed by atoms with van der Waals surface area (Å²) in [6.07, 6.45) is 14.0. The molecule has 3 heterocycles. The van der Waals surface area contributed by atoms with Crippen LogP contribution >= 0.6 is 0 Å². The van der Waals surface area contributed by atoms with Gasteiger partial charge in [-0.25, -0.2) is 0 Å². The van der Waals surface area contributed by atoms with Gasteiger partial charge >= 0.3 is 0 Å². The number of likely N-dealkylation sites (tertiary alicyclic amines) is 1. The Bertz CT molecular complexity index is 1100.